The molecule has 0 saturated carbocycles. The van der Waals surface area contributed by atoms with E-state index in [4.69, 9.17) is 4.74 Å². The summed E-state index contributed by atoms with van der Waals surface area (Å²) in [4.78, 5) is 4.02. The first-order valence-electron chi connectivity index (χ1n) is 4.91. The Balaban J connectivity index is 2.32. The maximum atomic E-state index is 5.78. The Morgan fingerprint density at radius 3 is 2.33 bits per heavy atom. The van der Waals surface area contributed by atoms with E-state index in [0.29, 0.717) is 0 Å². The molecule has 2 rings (SSSR count). The molecule has 2 aromatic rings. The van der Waals surface area contributed by atoms with Crippen LogP contribution in [-0.4, -0.2) is 4.98 Å². The van der Waals surface area contributed by atoms with Gasteiger partial charge in [0.25, 0.3) is 0 Å². The maximum absolute atomic E-state index is 5.78. The van der Waals surface area contributed by atoms with E-state index >= 15 is 0 Å². The molecule has 2 nitrogen and oxygen atoms in total. The van der Waals surface area contributed by atoms with Crippen LogP contribution in [0.4, 0.5) is 0 Å². The van der Waals surface area contributed by atoms with Crippen LogP contribution in [-0.2, 0) is 0 Å². The highest BCUT2D eigenvalue weighted by molar-refractivity contribution is 5.42. The molecule has 0 aliphatic carbocycles. The predicted octanol–water partition coefficient (Wildman–Crippen LogP) is 3.49. The van der Waals surface area contributed by atoms with Crippen LogP contribution in [0, 0.1) is 13.8 Å². The molecule has 0 N–H and O–H groups in total. The lowest BCUT2D eigenvalue weighted by molar-refractivity contribution is 0.473. The molecule has 0 radical (unpaired) electrons. The van der Waals surface area contributed by atoms with Crippen molar-refractivity contribution in [2.75, 3.05) is 0 Å². The lowest BCUT2D eigenvalue weighted by Crippen LogP contribution is -1.90. The average Bonchev–Trinajstić information content (AvgIpc) is 2.25. The number of aromatic nitrogens is 1. The van der Waals surface area contributed by atoms with Crippen molar-refractivity contribution in [2.45, 2.75) is 13.8 Å². The van der Waals surface area contributed by atoms with E-state index in [1.807, 2.05) is 44.2 Å². The Kier molecular flexibility index (Phi) is 2.68. The van der Waals surface area contributed by atoms with Crippen molar-refractivity contribution in [3.63, 3.8) is 0 Å². The van der Waals surface area contributed by atoms with Crippen molar-refractivity contribution in [1.82, 2.24) is 4.98 Å². The molecule has 0 unspecified atom stereocenters. The van der Waals surface area contributed by atoms with Crippen molar-refractivity contribution in [2.24, 2.45) is 0 Å². The van der Waals surface area contributed by atoms with Gasteiger partial charge in [0.05, 0.1) is 6.20 Å². The van der Waals surface area contributed by atoms with E-state index in [2.05, 4.69) is 4.98 Å². The zero-order valence-electron chi connectivity index (χ0n) is 8.90. The van der Waals surface area contributed by atoms with Crippen LogP contribution in [0.15, 0.2) is 42.7 Å². The summed E-state index contributed by atoms with van der Waals surface area (Å²) in [7, 11) is 0. The number of hydrogen-bond acceptors (Lipinski definition) is 2. The summed E-state index contributed by atoms with van der Waals surface area (Å²) >= 11 is 0. The molecule has 0 fully saturated rings. The van der Waals surface area contributed by atoms with E-state index < -0.39 is 0 Å². The second-order valence-corrected chi connectivity index (χ2v) is 3.51. The molecule has 0 spiro atoms. The van der Waals surface area contributed by atoms with Crippen molar-refractivity contribution in [3.05, 3.63) is 53.9 Å². The highest BCUT2D eigenvalue weighted by Crippen LogP contribution is 2.27. The zero-order valence-corrected chi connectivity index (χ0v) is 8.90. The van der Waals surface area contributed by atoms with E-state index in [-0.39, 0.29) is 0 Å². The van der Waals surface area contributed by atoms with Gasteiger partial charge in [-0.15, -0.1) is 0 Å². The molecular weight excluding hydrogens is 186 g/mol. The number of aryl methyl sites for hydroxylation is 2. The van der Waals surface area contributed by atoms with Crippen LogP contribution in [0.1, 0.15) is 11.1 Å². The first kappa shape index (κ1) is 9.71. The molecule has 15 heavy (non-hydrogen) atoms. The number of rotatable bonds is 2. The van der Waals surface area contributed by atoms with Crippen LogP contribution >= 0.6 is 0 Å². The summed E-state index contributed by atoms with van der Waals surface area (Å²) in [5.41, 5.74) is 2.28. The summed E-state index contributed by atoms with van der Waals surface area (Å²) in [5.74, 6) is 1.69. The third kappa shape index (κ3) is 2.15. The number of para-hydroxylation sites is 1. The molecule has 1 aromatic carbocycles. The highest BCUT2D eigenvalue weighted by atomic mass is 16.5. The lowest BCUT2D eigenvalue weighted by Gasteiger charge is -2.10. The Hall–Kier alpha value is -1.83. The number of pyridine rings is 1. The summed E-state index contributed by atoms with van der Waals surface area (Å²) in [6.07, 6.45) is 3.45. The second kappa shape index (κ2) is 4.13. The molecule has 0 saturated heterocycles. The van der Waals surface area contributed by atoms with Gasteiger partial charge in [0.1, 0.15) is 11.5 Å². The normalized spacial score (nSPS) is 10.0. The van der Waals surface area contributed by atoms with E-state index in [1.165, 1.54) is 0 Å². The van der Waals surface area contributed by atoms with Gasteiger partial charge in [-0.1, -0.05) is 18.2 Å². The van der Waals surface area contributed by atoms with Crippen LogP contribution < -0.4 is 4.74 Å². The average molecular weight is 199 g/mol. The molecule has 76 valence electrons. The number of hydrogen-bond donors (Lipinski definition) is 0. The molecular formula is C13H13NO. The molecule has 0 atom stereocenters. The Labute approximate surface area is 89.6 Å². The fraction of sp³-hybridized carbons (Fsp3) is 0.154. The van der Waals surface area contributed by atoms with Crippen LogP contribution in [0.2, 0.25) is 0 Å². The van der Waals surface area contributed by atoms with Gasteiger partial charge in [0.15, 0.2) is 0 Å². The molecule has 1 heterocycles. The zero-order chi connectivity index (χ0) is 10.7. The summed E-state index contributed by atoms with van der Waals surface area (Å²) in [6.45, 7) is 4.08. The Bertz CT molecular complexity index is 431. The van der Waals surface area contributed by atoms with Crippen molar-refractivity contribution in [3.8, 4) is 11.5 Å². The van der Waals surface area contributed by atoms with Crippen molar-refractivity contribution in [1.29, 1.82) is 0 Å². The largest absolute Gasteiger partial charge is 0.455 e. The van der Waals surface area contributed by atoms with Gasteiger partial charge in [0, 0.05) is 6.20 Å². The fourth-order valence-corrected chi connectivity index (χ4v) is 1.49. The monoisotopic (exact) mass is 199 g/mol. The second-order valence-electron chi connectivity index (χ2n) is 3.51. The predicted molar refractivity (Wildman–Crippen MR) is 60.2 cm³/mol. The smallest absolute Gasteiger partial charge is 0.145 e. The highest BCUT2D eigenvalue weighted by Gasteiger charge is 2.03. The topological polar surface area (TPSA) is 22.1 Å². The third-order valence-corrected chi connectivity index (χ3v) is 2.26. The molecule has 0 aliphatic rings. The van der Waals surface area contributed by atoms with Gasteiger partial charge >= 0.3 is 0 Å². The number of nitrogens with zero attached hydrogens (tertiary/aromatic N) is 1. The van der Waals surface area contributed by atoms with Crippen molar-refractivity contribution < 1.29 is 4.74 Å². The summed E-state index contributed by atoms with van der Waals surface area (Å²) in [5, 5.41) is 0. The van der Waals surface area contributed by atoms with Crippen LogP contribution in [0.3, 0.4) is 0 Å². The first-order valence-corrected chi connectivity index (χ1v) is 4.91. The van der Waals surface area contributed by atoms with E-state index in [9.17, 15) is 0 Å². The van der Waals surface area contributed by atoms with Crippen molar-refractivity contribution >= 4 is 0 Å². The van der Waals surface area contributed by atoms with Gasteiger partial charge in [0.2, 0.25) is 0 Å². The molecule has 1 aromatic heterocycles. The Morgan fingerprint density at radius 2 is 1.73 bits per heavy atom. The summed E-state index contributed by atoms with van der Waals surface area (Å²) in [6, 6.07) is 9.87. The number of ether oxygens (including phenoxy) is 1. The minimum atomic E-state index is 0.773. The summed E-state index contributed by atoms with van der Waals surface area (Å²) < 4.78 is 5.78. The number of benzene rings is 1. The van der Waals surface area contributed by atoms with Gasteiger partial charge in [-0.3, -0.25) is 4.98 Å². The Morgan fingerprint density at radius 1 is 1.00 bits per heavy atom. The minimum absolute atomic E-state index is 0.773. The molecule has 2 heteroatoms. The third-order valence-electron chi connectivity index (χ3n) is 2.26. The van der Waals surface area contributed by atoms with Crippen LogP contribution in [0.5, 0.6) is 11.5 Å². The first-order chi connectivity index (χ1) is 7.27. The lowest BCUT2D eigenvalue weighted by atomic mass is 10.1. The standard InChI is InChI=1S/C13H13NO/c1-10-5-3-6-11(2)13(10)15-12-7-4-8-14-9-12/h3-9H,1-2H3. The van der Waals surface area contributed by atoms with Gasteiger partial charge in [-0.2, -0.15) is 0 Å². The molecule has 0 bridgehead atoms. The van der Waals surface area contributed by atoms with Gasteiger partial charge in [-0.05, 0) is 37.1 Å². The van der Waals surface area contributed by atoms with E-state index in [1.54, 1.807) is 12.4 Å². The van der Waals surface area contributed by atoms with E-state index in [0.717, 1.165) is 22.6 Å². The molecule has 0 amide bonds. The fourth-order valence-electron chi connectivity index (χ4n) is 1.49. The van der Waals surface area contributed by atoms with Crippen LogP contribution in [0.25, 0.3) is 0 Å². The SMILES string of the molecule is Cc1cccc(C)c1Oc1cccnc1. The van der Waals surface area contributed by atoms with Gasteiger partial charge in [-0.25, -0.2) is 0 Å². The molecule has 0 aliphatic heterocycles. The van der Waals surface area contributed by atoms with Gasteiger partial charge < -0.3 is 4.74 Å². The maximum Gasteiger partial charge on any atom is 0.145 e. The quantitative estimate of drug-likeness (QED) is 0.738. The minimum Gasteiger partial charge on any atom is -0.455 e.